The molecule has 3 aromatic rings. The van der Waals surface area contributed by atoms with Gasteiger partial charge in [0.2, 0.25) is 0 Å². The van der Waals surface area contributed by atoms with Gasteiger partial charge in [-0.3, -0.25) is 0 Å². The van der Waals surface area contributed by atoms with Gasteiger partial charge < -0.3 is 0 Å². The average molecular weight is 334 g/mol. The van der Waals surface area contributed by atoms with Gasteiger partial charge in [-0.15, -0.1) is 11.3 Å². The molecule has 2 aromatic carbocycles. The molecule has 0 atom stereocenters. The first-order valence-electron chi connectivity index (χ1n) is 7.18. The minimum Gasteiger partial charge on any atom is -0.195 e. The second-order valence-corrected chi connectivity index (χ2v) is 6.69. The van der Waals surface area contributed by atoms with E-state index in [2.05, 4.69) is 54.4 Å². The maximum atomic E-state index is 9.33. The molecular formula is C19H14N2S2. The Labute approximate surface area is 144 Å². The summed E-state index contributed by atoms with van der Waals surface area (Å²) in [6, 6.07) is 12.3. The molecule has 1 aromatic heterocycles. The molecule has 0 aliphatic rings. The van der Waals surface area contributed by atoms with Crippen molar-refractivity contribution in [1.82, 2.24) is 0 Å². The van der Waals surface area contributed by atoms with Crippen molar-refractivity contribution in [3.05, 3.63) is 52.6 Å². The number of isothiocyanates is 1. The zero-order valence-electron chi connectivity index (χ0n) is 13.1. The lowest BCUT2D eigenvalue weighted by Crippen LogP contribution is -1.87. The molecule has 0 unspecified atom stereocenters. The number of rotatable bonds is 2. The van der Waals surface area contributed by atoms with Gasteiger partial charge in [0.05, 0.1) is 22.5 Å². The molecule has 1 heterocycles. The molecule has 0 saturated heterocycles. The predicted molar refractivity (Wildman–Crippen MR) is 101 cm³/mol. The van der Waals surface area contributed by atoms with Crippen molar-refractivity contribution in [1.29, 1.82) is 5.26 Å². The quantitative estimate of drug-likeness (QED) is 0.419. The van der Waals surface area contributed by atoms with E-state index in [4.69, 9.17) is 0 Å². The molecule has 4 heteroatoms. The topological polar surface area (TPSA) is 36.1 Å². The van der Waals surface area contributed by atoms with Crippen LogP contribution in [0.2, 0.25) is 0 Å². The Kier molecular flexibility index (Phi) is 4.11. The normalized spacial score (nSPS) is 10.3. The van der Waals surface area contributed by atoms with Gasteiger partial charge in [0.1, 0.15) is 0 Å². The van der Waals surface area contributed by atoms with Gasteiger partial charge in [-0.1, -0.05) is 12.1 Å². The molecule has 0 fully saturated rings. The van der Waals surface area contributed by atoms with E-state index in [1.54, 1.807) is 11.3 Å². The van der Waals surface area contributed by atoms with Gasteiger partial charge in [-0.2, -0.15) is 10.3 Å². The van der Waals surface area contributed by atoms with E-state index >= 15 is 0 Å². The largest absolute Gasteiger partial charge is 0.195 e. The van der Waals surface area contributed by atoms with Crippen molar-refractivity contribution in [3.63, 3.8) is 0 Å². The van der Waals surface area contributed by atoms with Gasteiger partial charge in [-0.05, 0) is 73.4 Å². The van der Waals surface area contributed by atoms with E-state index in [1.165, 1.54) is 20.5 Å². The standard InChI is InChI=1S/C19H14N2S2/c1-11-8-15(9-20)12(2)17-13(3)19(23-18(11)17)14-4-6-16(7-5-14)21-10-22/h4-8H,1-3H3. The average Bonchev–Trinajstić information content (AvgIpc) is 2.90. The van der Waals surface area contributed by atoms with Crippen LogP contribution in [0.4, 0.5) is 5.69 Å². The van der Waals surface area contributed by atoms with E-state index in [0.29, 0.717) is 0 Å². The fourth-order valence-corrected chi connectivity index (χ4v) is 4.35. The fourth-order valence-electron chi connectivity index (χ4n) is 2.90. The summed E-state index contributed by atoms with van der Waals surface area (Å²) in [7, 11) is 0. The van der Waals surface area contributed by atoms with Crippen LogP contribution in [0.5, 0.6) is 0 Å². The van der Waals surface area contributed by atoms with Crippen molar-refractivity contribution in [2.24, 2.45) is 4.99 Å². The summed E-state index contributed by atoms with van der Waals surface area (Å²) in [6.45, 7) is 6.23. The van der Waals surface area contributed by atoms with Crippen LogP contribution in [0.25, 0.3) is 20.5 Å². The third-order valence-electron chi connectivity index (χ3n) is 4.07. The van der Waals surface area contributed by atoms with Gasteiger partial charge in [-0.25, -0.2) is 0 Å². The van der Waals surface area contributed by atoms with Crippen molar-refractivity contribution < 1.29 is 0 Å². The first-order valence-corrected chi connectivity index (χ1v) is 8.41. The Morgan fingerprint density at radius 2 is 1.78 bits per heavy atom. The molecule has 2 nitrogen and oxygen atoms in total. The van der Waals surface area contributed by atoms with Crippen LogP contribution in [-0.2, 0) is 0 Å². The molecule has 0 N–H and O–H groups in total. The highest BCUT2D eigenvalue weighted by Crippen LogP contribution is 2.42. The molecule has 0 aliphatic heterocycles. The lowest BCUT2D eigenvalue weighted by molar-refractivity contribution is 1.39. The van der Waals surface area contributed by atoms with Crippen LogP contribution in [0.15, 0.2) is 35.3 Å². The summed E-state index contributed by atoms with van der Waals surface area (Å²) >= 11 is 6.42. The number of nitriles is 1. The molecule has 0 amide bonds. The van der Waals surface area contributed by atoms with Crippen molar-refractivity contribution >= 4 is 44.5 Å². The highest BCUT2D eigenvalue weighted by molar-refractivity contribution is 7.78. The Morgan fingerprint density at radius 3 is 2.39 bits per heavy atom. The number of aryl methyl sites for hydroxylation is 3. The fraction of sp³-hybridized carbons (Fsp3) is 0.158. The van der Waals surface area contributed by atoms with Gasteiger partial charge in [0.15, 0.2) is 0 Å². The minimum atomic E-state index is 0.758. The van der Waals surface area contributed by atoms with E-state index < -0.39 is 0 Å². The highest BCUT2D eigenvalue weighted by Gasteiger charge is 2.16. The van der Waals surface area contributed by atoms with Crippen molar-refractivity contribution in [2.75, 3.05) is 0 Å². The van der Waals surface area contributed by atoms with Crippen LogP contribution < -0.4 is 0 Å². The number of benzene rings is 2. The first kappa shape index (κ1) is 15.6. The SMILES string of the molecule is Cc1cc(C#N)c(C)c2c(C)c(-c3ccc(N=C=S)cc3)sc12. The van der Waals surface area contributed by atoms with Gasteiger partial charge in [0.25, 0.3) is 0 Å². The molecule has 3 rings (SSSR count). The molecule has 112 valence electrons. The van der Waals surface area contributed by atoms with Crippen LogP contribution in [0.1, 0.15) is 22.3 Å². The smallest absolute Gasteiger partial charge is 0.0994 e. The van der Waals surface area contributed by atoms with E-state index in [0.717, 1.165) is 27.9 Å². The summed E-state index contributed by atoms with van der Waals surface area (Å²) < 4.78 is 1.26. The van der Waals surface area contributed by atoms with E-state index in [-0.39, 0.29) is 0 Å². The number of thiocarbonyl (C=S) groups is 1. The number of aliphatic imine (C=N–C) groups is 1. The second kappa shape index (κ2) is 6.06. The number of nitrogens with zero attached hydrogens (tertiary/aromatic N) is 2. The molecular weight excluding hydrogens is 320 g/mol. The number of thiophene rings is 1. The monoisotopic (exact) mass is 334 g/mol. The molecule has 0 radical (unpaired) electrons. The van der Waals surface area contributed by atoms with Gasteiger partial charge >= 0.3 is 0 Å². The summed E-state index contributed by atoms with van der Waals surface area (Å²) in [5.41, 5.74) is 6.17. The highest BCUT2D eigenvalue weighted by atomic mass is 32.1. The third kappa shape index (κ3) is 2.60. The van der Waals surface area contributed by atoms with Gasteiger partial charge in [0, 0.05) is 15.0 Å². The maximum absolute atomic E-state index is 9.33. The number of fused-ring (bicyclic) bond motifs is 1. The second-order valence-electron chi connectivity index (χ2n) is 5.49. The lowest BCUT2D eigenvalue weighted by atomic mass is 9.98. The van der Waals surface area contributed by atoms with Crippen LogP contribution in [0, 0.1) is 32.1 Å². The predicted octanol–water partition coefficient (Wildman–Crippen LogP) is 6.10. The summed E-state index contributed by atoms with van der Waals surface area (Å²) in [5, 5.41) is 12.9. The summed E-state index contributed by atoms with van der Waals surface area (Å²) in [4.78, 5) is 5.23. The van der Waals surface area contributed by atoms with E-state index in [9.17, 15) is 5.26 Å². The molecule has 0 saturated carbocycles. The van der Waals surface area contributed by atoms with Crippen molar-refractivity contribution in [3.8, 4) is 16.5 Å². The molecule has 0 aliphatic carbocycles. The van der Waals surface area contributed by atoms with E-state index in [1.807, 2.05) is 25.1 Å². The molecule has 0 spiro atoms. The Bertz CT molecular complexity index is 999. The Balaban J connectivity index is 2.25. The van der Waals surface area contributed by atoms with Crippen LogP contribution in [-0.4, -0.2) is 5.16 Å². The number of hydrogen-bond acceptors (Lipinski definition) is 4. The Hall–Kier alpha value is -2.31. The summed E-state index contributed by atoms with van der Waals surface area (Å²) in [6.07, 6.45) is 0. The molecule has 23 heavy (non-hydrogen) atoms. The maximum Gasteiger partial charge on any atom is 0.0994 e. The zero-order chi connectivity index (χ0) is 16.6. The molecule has 0 bridgehead atoms. The van der Waals surface area contributed by atoms with Crippen LogP contribution >= 0.6 is 23.6 Å². The zero-order valence-corrected chi connectivity index (χ0v) is 14.7. The first-order chi connectivity index (χ1) is 11.1. The Morgan fingerprint density at radius 1 is 1.09 bits per heavy atom. The minimum absolute atomic E-state index is 0.758. The third-order valence-corrected chi connectivity index (χ3v) is 5.64. The summed E-state index contributed by atoms with van der Waals surface area (Å²) in [5.74, 6) is 0. The van der Waals surface area contributed by atoms with Crippen molar-refractivity contribution in [2.45, 2.75) is 20.8 Å². The lowest BCUT2D eigenvalue weighted by Gasteiger charge is -2.04. The number of hydrogen-bond donors (Lipinski definition) is 0. The van der Waals surface area contributed by atoms with Crippen LogP contribution in [0.3, 0.4) is 0 Å².